The first-order chi connectivity index (χ1) is 17.9. The molecule has 0 radical (unpaired) electrons. The number of aliphatic hydroxyl groups excluding tert-OH is 1. The summed E-state index contributed by atoms with van der Waals surface area (Å²) in [6.45, 7) is 11.1. The molecular weight excluding hydrogens is 492 g/mol. The summed E-state index contributed by atoms with van der Waals surface area (Å²) in [5.74, 6) is 0.163. The summed E-state index contributed by atoms with van der Waals surface area (Å²) in [6.07, 6.45) is -0.549. The lowest BCUT2D eigenvalue weighted by molar-refractivity contribution is 0.0373. The van der Waals surface area contributed by atoms with Gasteiger partial charge in [-0.1, -0.05) is 18.1 Å². The maximum atomic E-state index is 13.5. The summed E-state index contributed by atoms with van der Waals surface area (Å²) in [5.41, 5.74) is 1.66. The number of ether oxygens (including phenoxy) is 1. The number of hydrogen-bond acceptors (Lipinski definition) is 7. The fraction of sp³-hybridized carbons (Fsp3) is 0.538. The Morgan fingerprint density at radius 1 is 1.24 bits per heavy atom. The van der Waals surface area contributed by atoms with Crippen LogP contribution in [0.25, 0.3) is 0 Å². The normalized spacial score (nSPS) is 18.1. The van der Waals surface area contributed by atoms with E-state index in [2.05, 4.69) is 21.1 Å². The van der Waals surface area contributed by atoms with E-state index in [9.17, 15) is 19.5 Å². The molecule has 12 nitrogen and oxygen atoms in total. The molecule has 4 N–H and O–H groups in total. The minimum Gasteiger partial charge on any atom is -0.485 e. The van der Waals surface area contributed by atoms with Crippen molar-refractivity contribution in [2.75, 3.05) is 37.4 Å². The van der Waals surface area contributed by atoms with Gasteiger partial charge in [0.1, 0.15) is 17.5 Å². The van der Waals surface area contributed by atoms with Gasteiger partial charge in [0.15, 0.2) is 11.5 Å². The Morgan fingerprint density at radius 2 is 1.95 bits per heavy atom. The van der Waals surface area contributed by atoms with Crippen LogP contribution in [0.1, 0.15) is 49.5 Å². The second kappa shape index (κ2) is 12.2. The molecule has 0 saturated carbocycles. The Kier molecular flexibility index (Phi) is 9.21. The Balaban J connectivity index is 1.94. The molecule has 0 unspecified atom stereocenters. The number of nitrogens with one attached hydrogen (secondary N) is 3. The first kappa shape index (κ1) is 28.8. The second-order valence-electron chi connectivity index (χ2n) is 10.1. The lowest BCUT2D eigenvalue weighted by Gasteiger charge is -2.38. The van der Waals surface area contributed by atoms with Crippen LogP contribution in [0.2, 0.25) is 0 Å². The standard InChI is InChI=1S/C26H38N6O6/c1-14(2)27-25(35)28-20-10-8-9-19-23(20)37-21(15(3)11-32(24(19)34)16(4)13-33)12-31(7)26(36)29-22-17(5)30-38-18(22)6/h8-10,14-16,21,33H,11-13H2,1-7H3,(H,29,36)(H2,27,28,35)/t15-,16-,21+/m0/s1. The fourth-order valence-corrected chi connectivity index (χ4v) is 4.20. The Morgan fingerprint density at radius 3 is 2.55 bits per heavy atom. The van der Waals surface area contributed by atoms with Crippen LogP contribution >= 0.6 is 0 Å². The number of para-hydroxylation sites is 1. The number of rotatable bonds is 7. The summed E-state index contributed by atoms with van der Waals surface area (Å²) in [7, 11) is 1.64. The van der Waals surface area contributed by atoms with Gasteiger partial charge in [-0.15, -0.1) is 0 Å². The van der Waals surface area contributed by atoms with Crippen molar-refractivity contribution in [2.45, 2.75) is 59.7 Å². The molecule has 3 atom stereocenters. The van der Waals surface area contributed by atoms with Gasteiger partial charge in [0.05, 0.1) is 30.4 Å². The second-order valence-corrected chi connectivity index (χ2v) is 10.1. The third kappa shape index (κ3) is 6.55. The number of anilines is 2. The molecule has 12 heteroatoms. The number of carbonyl (C=O) groups excluding carboxylic acids is 3. The van der Waals surface area contributed by atoms with E-state index in [4.69, 9.17) is 9.26 Å². The SMILES string of the molecule is Cc1noc(C)c1NC(=O)N(C)C[C@H]1Oc2c(NC(=O)NC(C)C)cccc2C(=O)N([C@@H](C)CO)C[C@@H]1C. The van der Waals surface area contributed by atoms with Crippen molar-refractivity contribution in [3.63, 3.8) is 0 Å². The highest BCUT2D eigenvalue weighted by Gasteiger charge is 2.35. The molecule has 208 valence electrons. The molecule has 5 amide bonds. The van der Waals surface area contributed by atoms with Gasteiger partial charge in [-0.2, -0.15) is 0 Å². The van der Waals surface area contributed by atoms with E-state index in [0.717, 1.165) is 0 Å². The summed E-state index contributed by atoms with van der Waals surface area (Å²) >= 11 is 0. The number of hydrogen-bond donors (Lipinski definition) is 4. The molecule has 1 aromatic heterocycles. The highest BCUT2D eigenvalue weighted by molar-refractivity contribution is 6.01. The van der Waals surface area contributed by atoms with Crippen LogP contribution < -0.4 is 20.7 Å². The van der Waals surface area contributed by atoms with Crippen LogP contribution in [0.5, 0.6) is 5.75 Å². The largest absolute Gasteiger partial charge is 0.485 e. The van der Waals surface area contributed by atoms with Gasteiger partial charge in [-0.3, -0.25) is 4.79 Å². The predicted molar refractivity (Wildman–Crippen MR) is 143 cm³/mol. The summed E-state index contributed by atoms with van der Waals surface area (Å²) < 4.78 is 11.5. The van der Waals surface area contributed by atoms with Crippen LogP contribution in [0.4, 0.5) is 21.0 Å². The molecular formula is C26H38N6O6. The minimum absolute atomic E-state index is 0.0957. The molecule has 1 aliphatic heterocycles. The van der Waals surface area contributed by atoms with Crippen molar-refractivity contribution in [3.8, 4) is 5.75 Å². The highest BCUT2D eigenvalue weighted by Crippen LogP contribution is 2.35. The van der Waals surface area contributed by atoms with E-state index in [1.807, 2.05) is 20.8 Å². The van der Waals surface area contributed by atoms with Crippen LogP contribution in [0.3, 0.4) is 0 Å². The number of amides is 5. The van der Waals surface area contributed by atoms with E-state index < -0.39 is 18.2 Å². The van der Waals surface area contributed by atoms with E-state index in [1.165, 1.54) is 4.90 Å². The van der Waals surface area contributed by atoms with Gasteiger partial charge in [0.25, 0.3) is 5.91 Å². The zero-order valence-electron chi connectivity index (χ0n) is 23.0. The van der Waals surface area contributed by atoms with E-state index in [0.29, 0.717) is 29.4 Å². The topological polar surface area (TPSA) is 149 Å². The maximum absolute atomic E-state index is 13.5. The third-order valence-corrected chi connectivity index (χ3v) is 6.42. The number of urea groups is 2. The lowest BCUT2D eigenvalue weighted by Crippen LogP contribution is -2.50. The Hall–Kier alpha value is -3.80. The van der Waals surface area contributed by atoms with Crippen molar-refractivity contribution in [1.29, 1.82) is 0 Å². The molecule has 0 saturated heterocycles. The lowest BCUT2D eigenvalue weighted by atomic mass is 9.99. The first-order valence-electron chi connectivity index (χ1n) is 12.7. The maximum Gasteiger partial charge on any atom is 0.321 e. The van der Waals surface area contributed by atoms with Crippen molar-refractivity contribution in [3.05, 3.63) is 35.2 Å². The Bertz CT molecular complexity index is 1150. The number of aromatic nitrogens is 1. The van der Waals surface area contributed by atoms with Crippen molar-refractivity contribution >= 4 is 29.3 Å². The number of fused-ring (bicyclic) bond motifs is 1. The number of nitrogens with zero attached hydrogens (tertiary/aromatic N) is 3. The molecule has 0 aliphatic carbocycles. The molecule has 1 aromatic carbocycles. The van der Waals surface area contributed by atoms with E-state index in [-0.39, 0.29) is 48.4 Å². The van der Waals surface area contributed by atoms with Crippen LogP contribution in [-0.4, -0.2) is 83.0 Å². The average Bonchev–Trinajstić information content (AvgIpc) is 3.17. The zero-order chi connectivity index (χ0) is 28.1. The van der Waals surface area contributed by atoms with Crippen molar-refractivity contribution in [1.82, 2.24) is 20.3 Å². The first-order valence-corrected chi connectivity index (χ1v) is 12.7. The Labute approximate surface area is 222 Å². The fourth-order valence-electron chi connectivity index (χ4n) is 4.20. The van der Waals surface area contributed by atoms with Gasteiger partial charge >= 0.3 is 12.1 Å². The quantitative estimate of drug-likeness (QED) is 0.429. The number of aliphatic hydroxyl groups is 1. The average molecular weight is 531 g/mol. The zero-order valence-corrected chi connectivity index (χ0v) is 23.0. The molecule has 2 aromatic rings. The number of benzene rings is 1. The van der Waals surface area contributed by atoms with Gasteiger partial charge < -0.3 is 40.1 Å². The van der Waals surface area contributed by atoms with Crippen molar-refractivity contribution in [2.24, 2.45) is 5.92 Å². The van der Waals surface area contributed by atoms with Crippen LogP contribution in [0, 0.1) is 19.8 Å². The molecule has 0 spiro atoms. The molecule has 1 aliphatic rings. The van der Waals surface area contributed by atoms with Gasteiger partial charge in [-0.25, -0.2) is 9.59 Å². The monoisotopic (exact) mass is 530 g/mol. The summed E-state index contributed by atoms with van der Waals surface area (Å²) in [6, 6.07) is 3.59. The van der Waals surface area contributed by atoms with E-state index in [1.54, 1.807) is 50.9 Å². The van der Waals surface area contributed by atoms with E-state index >= 15 is 0 Å². The van der Waals surface area contributed by atoms with Crippen molar-refractivity contribution < 1.29 is 28.8 Å². The molecule has 0 fully saturated rings. The molecule has 0 bridgehead atoms. The number of carbonyl (C=O) groups is 3. The van der Waals surface area contributed by atoms with Crippen LogP contribution in [-0.2, 0) is 0 Å². The predicted octanol–water partition coefficient (Wildman–Crippen LogP) is 3.21. The smallest absolute Gasteiger partial charge is 0.321 e. The van der Waals surface area contributed by atoms with Gasteiger partial charge in [0, 0.05) is 25.6 Å². The number of aryl methyl sites for hydroxylation is 2. The summed E-state index contributed by atoms with van der Waals surface area (Å²) in [5, 5.41) is 22.1. The molecule has 3 rings (SSSR count). The number of likely N-dealkylation sites (N-methyl/N-ethyl adjacent to an activating group) is 1. The molecule has 38 heavy (non-hydrogen) atoms. The third-order valence-electron chi connectivity index (χ3n) is 6.42. The molecule has 2 heterocycles. The van der Waals surface area contributed by atoms with Gasteiger partial charge in [-0.05, 0) is 46.8 Å². The summed E-state index contributed by atoms with van der Waals surface area (Å²) in [4.78, 5) is 42.1. The highest BCUT2D eigenvalue weighted by atomic mass is 16.5. The van der Waals surface area contributed by atoms with Gasteiger partial charge in [0.2, 0.25) is 0 Å². The van der Waals surface area contributed by atoms with Crippen LogP contribution in [0.15, 0.2) is 22.7 Å². The minimum atomic E-state index is -0.549.